The largest absolute Gasteiger partial charge is 0.462 e. The van der Waals surface area contributed by atoms with Crippen molar-refractivity contribution < 1.29 is 44.6 Å². The second-order valence-corrected chi connectivity index (χ2v) is 10.1. The van der Waals surface area contributed by atoms with E-state index in [1.165, 1.54) is 26.2 Å². The second-order valence-electron chi connectivity index (χ2n) is 10.1. The number of hydrogen-bond acceptors (Lipinski definition) is 10. The minimum atomic E-state index is -0.849. The first-order valence-corrected chi connectivity index (χ1v) is 13.9. The Bertz CT molecular complexity index is 717. The lowest BCUT2D eigenvalue weighted by Gasteiger charge is -2.22. The molecule has 11 nitrogen and oxygen atoms in total. The smallest absolute Gasteiger partial charge is 0.328 e. The van der Waals surface area contributed by atoms with Crippen molar-refractivity contribution in [2.75, 3.05) is 13.2 Å². The number of hydrogen-bond donors (Lipinski definition) is 5. The summed E-state index contributed by atoms with van der Waals surface area (Å²) in [5.41, 5.74) is 0. The number of aliphatic hydroxyl groups excluding tert-OH is 2. The van der Waals surface area contributed by atoms with Crippen LogP contribution in [0.1, 0.15) is 97.3 Å². The average Bonchev–Trinajstić information content (AvgIpc) is 3.13. The molecule has 5 N–H and O–H groups in total. The minimum absolute atomic E-state index is 0.0861. The number of unbranched alkanes of at least 4 members (excludes halogenated alkanes) is 5. The van der Waals surface area contributed by atoms with Crippen LogP contribution >= 0.6 is 0 Å². The first-order chi connectivity index (χ1) is 18.1. The van der Waals surface area contributed by atoms with Crippen molar-refractivity contribution in [2.45, 2.75) is 116 Å². The SMILES string of the molecule is CCCCCCCC(=O)CC[C@@H]1[C@@H](C/C=C\CCCC(=O)NC(C)C(=O)OCCON(O)O)[C@@H](O)C[C@H]1O. The summed E-state index contributed by atoms with van der Waals surface area (Å²) in [6.45, 7) is 3.20. The molecule has 0 radical (unpaired) electrons. The van der Waals surface area contributed by atoms with Gasteiger partial charge >= 0.3 is 5.97 Å². The van der Waals surface area contributed by atoms with E-state index in [1.54, 1.807) is 0 Å². The molecule has 1 rings (SSSR count). The number of allylic oxidation sites excluding steroid dienone is 2. The van der Waals surface area contributed by atoms with Crippen LogP contribution < -0.4 is 5.32 Å². The van der Waals surface area contributed by atoms with Gasteiger partial charge in [0.25, 0.3) is 0 Å². The molecular weight excluding hydrogens is 496 g/mol. The van der Waals surface area contributed by atoms with Gasteiger partial charge in [0, 0.05) is 19.3 Å². The van der Waals surface area contributed by atoms with Gasteiger partial charge in [-0.2, -0.15) is 0 Å². The molecule has 0 spiro atoms. The summed E-state index contributed by atoms with van der Waals surface area (Å²) in [5, 5.41) is 39.7. The Balaban J connectivity index is 2.27. The summed E-state index contributed by atoms with van der Waals surface area (Å²) in [7, 11) is 0. The lowest BCUT2D eigenvalue weighted by atomic mass is 9.86. The van der Waals surface area contributed by atoms with E-state index in [9.17, 15) is 24.6 Å². The zero-order valence-corrected chi connectivity index (χ0v) is 22.9. The molecule has 220 valence electrons. The van der Waals surface area contributed by atoms with Crippen molar-refractivity contribution in [1.82, 2.24) is 10.7 Å². The van der Waals surface area contributed by atoms with Crippen LogP contribution in [-0.2, 0) is 24.0 Å². The number of rotatable bonds is 21. The van der Waals surface area contributed by atoms with Gasteiger partial charge in [0.05, 0.1) is 17.6 Å². The highest BCUT2D eigenvalue weighted by molar-refractivity contribution is 5.84. The predicted octanol–water partition coefficient (Wildman–Crippen LogP) is 3.23. The molecular formula is C27H48N2O9. The summed E-state index contributed by atoms with van der Waals surface area (Å²) in [6.07, 6.45) is 12.3. The molecule has 1 unspecified atom stereocenters. The van der Waals surface area contributed by atoms with Crippen molar-refractivity contribution in [3.05, 3.63) is 12.2 Å². The number of esters is 1. The van der Waals surface area contributed by atoms with Gasteiger partial charge in [-0.1, -0.05) is 44.8 Å². The standard InChI is InChI=1S/C27H48N2O9/c1-3-4-5-6-9-12-21(30)15-16-23-22(24(31)19-25(23)32)13-10-7-8-11-14-26(33)28-20(2)27(34)37-17-18-38-29(35)36/h7,10,20,22-25,31-32,35-36H,3-6,8-9,11-19H2,1-2H3,(H,28,33)/b10-7-/t20?,22-,23-,24+,25-/m1/s1. The van der Waals surface area contributed by atoms with Gasteiger partial charge in [0.2, 0.25) is 5.91 Å². The maximum absolute atomic E-state index is 12.3. The molecule has 0 saturated heterocycles. The third kappa shape index (κ3) is 14.9. The monoisotopic (exact) mass is 544 g/mol. The molecule has 1 aliphatic rings. The van der Waals surface area contributed by atoms with Gasteiger partial charge in [-0.25, -0.2) is 9.63 Å². The first-order valence-electron chi connectivity index (χ1n) is 13.9. The van der Waals surface area contributed by atoms with Crippen LogP contribution in [0.25, 0.3) is 0 Å². The lowest BCUT2D eigenvalue weighted by Crippen LogP contribution is -2.39. The van der Waals surface area contributed by atoms with Crippen molar-refractivity contribution in [1.29, 1.82) is 0 Å². The number of ketones is 1. The Hall–Kier alpha value is -1.89. The van der Waals surface area contributed by atoms with E-state index in [0.29, 0.717) is 44.9 Å². The maximum Gasteiger partial charge on any atom is 0.328 e. The summed E-state index contributed by atoms with van der Waals surface area (Å²) in [6, 6.07) is -0.849. The number of ether oxygens (including phenoxy) is 1. The van der Waals surface area contributed by atoms with Crippen molar-refractivity contribution >= 4 is 17.7 Å². The molecule has 38 heavy (non-hydrogen) atoms. The molecule has 1 aliphatic carbocycles. The van der Waals surface area contributed by atoms with Gasteiger partial charge in [-0.05, 0) is 57.3 Å². The van der Waals surface area contributed by atoms with E-state index < -0.39 is 29.6 Å². The summed E-state index contributed by atoms with van der Waals surface area (Å²) in [5.74, 6) is -0.898. The average molecular weight is 545 g/mol. The molecule has 5 atom stereocenters. The number of Topliss-reactive ketones (excluding diaryl/α,β-unsaturated/α-hetero) is 1. The Kier molecular flexibility index (Phi) is 18.0. The zero-order valence-electron chi connectivity index (χ0n) is 22.9. The highest BCUT2D eigenvalue weighted by atomic mass is 17.1. The zero-order chi connectivity index (χ0) is 28.3. The Labute approximate surface area is 226 Å². The fourth-order valence-corrected chi connectivity index (χ4v) is 4.79. The Morgan fingerprint density at radius 1 is 0.947 bits per heavy atom. The fourth-order valence-electron chi connectivity index (χ4n) is 4.79. The highest BCUT2D eigenvalue weighted by Gasteiger charge is 2.40. The number of carbonyl (C=O) groups is 3. The van der Waals surface area contributed by atoms with Crippen LogP contribution in [0.15, 0.2) is 12.2 Å². The van der Waals surface area contributed by atoms with Crippen LogP contribution in [0, 0.1) is 11.8 Å². The fraction of sp³-hybridized carbons (Fsp3) is 0.815. The van der Waals surface area contributed by atoms with Gasteiger partial charge in [-0.3, -0.25) is 20.0 Å². The van der Waals surface area contributed by atoms with Crippen LogP contribution in [0.3, 0.4) is 0 Å². The van der Waals surface area contributed by atoms with Gasteiger partial charge in [-0.15, -0.1) is 0 Å². The van der Waals surface area contributed by atoms with Crippen molar-refractivity contribution in [3.8, 4) is 0 Å². The molecule has 0 bridgehead atoms. The first kappa shape index (κ1) is 34.1. The summed E-state index contributed by atoms with van der Waals surface area (Å²) >= 11 is 0. The minimum Gasteiger partial charge on any atom is -0.462 e. The molecule has 0 heterocycles. The summed E-state index contributed by atoms with van der Waals surface area (Å²) < 4.78 is 4.85. The maximum atomic E-state index is 12.3. The van der Waals surface area contributed by atoms with E-state index in [-0.39, 0.29) is 43.2 Å². The van der Waals surface area contributed by atoms with E-state index in [4.69, 9.17) is 15.2 Å². The van der Waals surface area contributed by atoms with Crippen LogP contribution in [-0.4, -0.2) is 75.1 Å². The van der Waals surface area contributed by atoms with Gasteiger partial charge in [0.1, 0.15) is 25.0 Å². The Morgan fingerprint density at radius 2 is 1.66 bits per heavy atom. The molecule has 0 aromatic heterocycles. The summed E-state index contributed by atoms with van der Waals surface area (Å²) in [4.78, 5) is 40.4. The second kappa shape index (κ2) is 20.1. The molecule has 0 aliphatic heterocycles. The molecule has 0 aromatic rings. The highest BCUT2D eigenvalue weighted by Crippen LogP contribution is 2.38. The van der Waals surface area contributed by atoms with Gasteiger partial charge < -0.3 is 20.3 Å². The molecule has 1 saturated carbocycles. The topological polar surface area (TPSA) is 166 Å². The molecule has 11 heteroatoms. The van der Waals surface area contributed by atoms with Crippen molar-refractivity contribution in [2.24, 2.45) is 11.8 Å². The normalized spacial score (nSPS) is 22.2. The van der Waals surface area contributed by atoms with Crippen molar-refractivity contribution in [3.63, 3.8) is 0 Å². The third-order valence-electron chi connectivity index (χ3n) is 6.95. The van der Waals surface area contributed by atoms with Crippen LogP contribution in [0.5, 0.6) is 0 Å². The van der Waals surface area contributed by atoms with E-state index >= 15 is 0 Å². The van der Waals surface area contributed by atoms with Crippen LogP contribution in [0.2, 0.25) is 0 Å². The number of nitrogens with one attached hydrogen (secondary N) is 1. The van der Waals surface area contributed by atoms with Crippen LogP contribution in [0.4, 0.5) is 0 Å². The number of carbonyl (C=O) groups excluding carboxylic acids is 3. The van der Waals surface area contributed by atoms with E-state index in [1.807, 2.05) is 12.2 Å². The predicted molar refractivity (Wildman–Crippen MR) is 139 cm³/mol. The van der Waals surface area contributed by atoms with Gasteiger partial charge in [0.15, 0.2) is 0 Å². The molecule has 1 fully saturated rings. The Morgan fingerprint density at radius 3 is 2.37 bits per heavy atom. The number of amides is 1. The lowest BCUT2D eigenvalue weighted by molar-refractivity contribution is -0.493. The van der Waals surface area contributed by atoms with E-state index in [2.05, 4.69) is 17.1 Å². The molecule has 0 aromatic carbocycles. The number of aliphatic hydroxyl groups is 2. The van der Waals surface area contributed by atoms with E-state index in [0.717, 1.165) is 12.8 Å². The molecule has 1 amide bonds. The quantitative estimate of drug-likeness (QED) is 0.0626. The number of nitrogens with zero attached hydrogens (tertiary/aromatic N) is 1. The third-order valence-corrected chi connectivity index (χ3v) is 6.95.